The van der Waals surface area contributed by atoms with Gasteiger partial charge in [0, 0.05) is 19.3 Å². The van der Waals surface area contributed by atoms with Crippen LogP contribution in [0.25, 0.3) is 0 Å². The Morgan fingerprint density at radius 3 is 2.67 bits per heavy atom. The number of carbonyl (C=O) groups excluding carboxylic acids is 1. The standard InChI is InChI=1S/C16H20N4O/c1-4-17-15-10-6-9-14(19-15)16(21)20(3)11-13-8-5-7-12(2)18-13/h5-10H,4,11H2,1-3H3,(H,17,19). The predicted octanol–water partition coefficient (Wildman–Crippen LogP) is 2.49. The van der Waals surface area contributed by atoms with E-state index >= 15 is 0 Å². The van der Waals surface area contributed by atoms with E-state index in [1.165, 1.54) is 0 Å². The SMILES string of the molecule is CCNc1cccc(C(=O)N(C)Cc2cccc(C)n2)n1. The summed E-state index contributed by atoms with van der Waals surface area (Å²) in [5.74, 6) is 0.600. The summed E-state index contributed by atoms with van der Waals surface area (Å²) in [6, 6.07) is 11.2. The Morgan fingerprint density at radius 1 is 1.19 bits per heavy atom. The highest BCUT2D eigenvalue weighted by Crippen LogP contribution is 2.09. The number of carbonyl (C=O) groups is 1. The van der Waals surface area contributed by atoms with E-state index in [1.807, 2.05) is 44.2 Å². The molecule has 0 saturated carbocycles. The van der Waals surface area contributed by atoms with Crippen molar-refractivity contribution >= 4 is 11.7 Å². The van der Waals surface area contributed by atoms with Gasteiger partial charge in [-0.2, -0.15) is 0 Å². The Balaban J connectivity index is 2.10. The number of amides is 1. The van der Waals surface area contributed by atoms with Crippen LogP contribution in [0.1, 0.15) is 28.8 Å². The lowest BCUT2D eigenvalue weighted by molar-refractivity contribution is 0.0777. The number of hydrogen-bond acceptors (Lipinski definition) is 4. The molecule has 0 fully saturated rings. The van der Waals surface area contributed by atoms with E-state index in [2.05, 4.69) is 15.3 Å². The van der Waals surface area contributed by atoms with Crippen LogP contribution in [0.15, 0.2) is 36.4 Å². The number of nitrogens with zero attached hydrogens (tertiary/aromatic N) is 3. The highest BCUT2D eigenvalue weighted by atomic mass is 16.2. The fraction of sp³-hybridized carbons (Fsp3) is 0.312. The van der Waals surface area contributed by atoms with Gasteiger partial charge in [0.1, 0.15) is 11.5 Å². The molecule has 0 unspecified atom stereocenters. The van der Waals surface area contributed by atoms with Gasteiger partial charge in [-0.15, -0.1) is 0 Å². The van der Waals surface area contributed by atoms with Gasteiger partial charge in [0.05, 0.1) is 12.2 Å². The lowest BCUT2D eigenvalue weighted by Crippen LogP contribution is -2.27. The van der Waals surface area contributed by atoms with Crippen LogP contribution in [0.3, 0.4) is 0 Å². The van der Waals surface area contributed by atoms with Crippen molar-refractivity contribution in [1.29, 1.82) is 0 Å². The largest absolute Gasteiger partial charge is 0.370 e. The van der Waals surface area contributed by atoms with Crippen molar-refractivity contribution < 1.29 is 4.79 Å². The van der Waals surface area contributed by atoms with Gasteiger partial charge < -0.3 is 10.2 Å². The molecule has 0 aliphatic rings. The summed E-state index contributed by atoms with van der Waals surface area (Å²) in [7, 11) is 1.76. The topological polar surface area (TPSA) is 58.1 Å². The molecule has 0 atom stereocenters. The normalized spacial score (nSPS) is 10.2. The molecule has 0 saturated heterocycles. The Labute approximate surface area is 125 Å². The van der Waals surface area contributed by atoms with E-state index in [0.29, 0.717) is 18.1 Å². The number of pyridine rings is 2. The van der Waals surface area contributed by atoms with Crippen LogP contribution >= 0.6 is 0 Å². The molecule has 5 nitrogen and oxygen atoms in total. The van der Waals surface area contributed by atoms with Gasteiger partial charge in [-0.1, -0.05) is 12.1 Å². The fourth-order valence-electron chi connectivity index (χ4n) is 2.03. The molecule has 2 aromatic heterocycles. The van der Waals surface area contributed by atoms with Crippen LogP contribution in [0.5, 0.6) is 0 Å². The van der Waals surface area contributed by atoms with Gasteiger partial charge in [0.2, 0.25) is 0 Å². The number of aromatic nitrogens is 2. The van der Waals surface area contributed by atoms with Crippen molar-refractivity contribution in [2.24, 2.45) is 0 Å². The Bertz CT molecular complexity index is 627. The second kappa shape index (κ2) is 6.83. The first-order valence-electron chi connectivity index (χ1n) is 6.99. The average molecular weight is 284 g/mol. The number of aryl methyl sites for hydroxylation is 1. The maximum atomic E-state index is 12.4. The van der Waals surface area contributed by atoms with Gasteiger partial charge in [0.15, 0.2) is 0 Å². The third-order valence-corrected chi connectivity index (χ3v) is 3.02. The zero-order valence-corrected chi connectivity index (χ0v) is 12.6. The van der Waals surface area contributed by atoms with Crippen LogP contribution < -0.4 is 5.32 Å². The van der Waals surface area contributed by atoms with Gasteiger partial charge in [-0.05, 0) is 38.1 Å². The van der Waals surface area contributed by atoms with E-state index in [0.717, 1.165) is 17.9 Å². The van der Waals surface area contributed by atoms with Crippen molar-refractivity contribution in [1.82, 2.24) is 14.9 Å². The molecular weight excluding hydrogens is 264 g/mol. The molecule has 0 bridgehead atoms. The molecule has 2 rings (SSSR count). The maximum Gasteiger partial charge on any atom is 0.272 e. The second-order valence-corrected chi connectivity index (χ2v) is 4.87. The van der Waals surface area contributed by atoms with E-state index in [4.69, 9.17) is 0 Å². The minimum atomic E-state index is -0.113. The summed E-state index contributed by atoms with van der Waals surface area (Å²) in [6.45, 7) is 5.17. The fourth-order valence-corrected chi connectivity index (χ4v) is 2.03. The Hall–Kier alpha value is -2.43. The summed E-state index contributed by atoms with van der Waals surface area (Å²) in [5.41, 5.74) is 2.25. The minimum Gasteiger partial charge on any atom is -0.370 e. The molecule has 0 spiro atoms. The number of rotatable bonds is 5. The van der Waals surface area contributed by atoms with Gasteiger partial charge in [-0.25, -0.2) is 4.98 Å². The maximum absolute atomic E-state index is 12.4. The van der Waals surface area contributed by atoms with Crippen LogP contribution in [-0.2, 0) is 6.54 Å². The summed E-state index contributed by atoms with van der Waals surface area (Å²) in [4.78, 5) is 22.8. The van der Waals surface area contributed by atoms with Crippen molar-refractivity contribution in [3.8, 4) is 0 Å². The van der Waals surface area contributed by atoms with E-state index < -0.39 is 0 Å². The van der Waals surface area contributed by atoms with Crippen LogP contribution in [0, 0.1) is 6.92 Å². The second-order valence-electron chi connectivity index (χ2n) is 4.87. The van der Waals surface area contributed by atoms with Crippen molar-refractivity contribution in [3.05, 3.63) is 53.5 Å². The molecule has 2 heterocycles. The molecule has 0 aliphatic carbocycles. The summed E-state index contributed by atoms with van der Waals surface area (Å²) < 4.78 is 0. The van der Waals surface area contributed by atoms with Crippen LogP contribution in [-0.4, -0.2) is 34.4 Å². The van der Waals surface area contributed by atoms with E-state index in [-0.39, 0.29) is 5.91 Å². The molecule has 0 aliphatic heterocycles. The Morgan fingerprint density at radius 2 is 1.95 bits per heavy atom. The molecule has 110 valence electrons. The smallest absolute Gasteiger partial charge is 0.272 e. The molecule has 5 heteroatoms. The molecule has 0 aromatic carbocycles. The zero-order valence-electron chi connectivity index (χ0n) is 12.6. The first-order valence-corrected chi connectivity index (χ1v) is 6.99. The van der Waals surface area contributed by atoms with Crippen LogP contribution in [0.4, 0.5) is 5.82 Å². The van der Waals surface area contributed by atoms with E-state index in [9.17, 15) is 4.79 Å². The first kappa shape index (κ1) is 15.0. The monoisotopic (exact) mass is 284 g/mol. The summed E-state index contributed by atoms with van der Waals surface area (Å²) in [5, 5.41) is 3.10. The van der Waals surface area contributed by atoms with Crippen LogP contribution in [0.2, 0.25) is 0 Å². The highest BCUT2D eigenvalue weighted by molar-refractivity contribution is 5.92. The molecule has 2 aromatic rings. The highest BCUT2D eigenvalue weighted by Gasteiger charge is 2.14. The summed E-state index contributed by atoms with van der Waals surface area (Å²) in [6.07, 6.45) is 0. The molecule has 1 N–H and O–H groups in total. The lowest BCUT2D eigenvalue weighted by Gasteiger charge is -2.17. The lowest BCUT2D eigenvalue weighted by atomic mass is 10.2. The van der Waals surface area contributed by atoms with Gasteiger partial charge >= 0.3 is 0 Å². The van der Waals surface area contributed by atoms with Crippen molar-refractivity contribution in [3.63, 3.8) is 0 Å². The number of anilines is 1. The average Bonchev–Trinajstić information content (AvgIpc) is 2.47. The van der Waals surface area contributed by atoms with Crippen molar-refractivity contribution in [2.45, 2.75) is 20.4 Å². The minimum absolute atomic E-state index is 0.113. The molecular formula is C16H20N4O. The third-order valence-electron chi connectivity index (χ3n) is 3.02. The number of nitrogens with one attached hydrogen (secondary N) is 1. The third kappa shape index (κ3) is 4.02. The quantitative estimate of drug-likeness (QED) is 0.916. The van der Waals surface area contributed by atoms with Gasteiger partial charge in [0.25, 0.3) is 5.91 Å². The summed E-state index contributed by atoms with van der Waals surface area (Å²) >= 11 is 0. The molecule has 0 radical (unpaired) electrons. The van der Waals surface area contributed by atoms with E-state index in [1.54, 1.807) is 18.0 Å². The van der Waals surface area contributed by atoms with Crippen molar-refractivity contribution in [2.75, 3.05) is 18.9 Å². The molecule has 21 heavy (non-hydrogen) atoms. The first-order chi connectivity index (χ1) is 10.1. The van der Waals surface area contributed by atoms with Gasteiger partial charge in [-0.3, -0.25) is 9.78 Å². The zero-order chi connectivity index (χ0) is 15.2. The predicted molar refractivity (Wildman–Crippen MR) is 83.2 cm³/mol. The number of hydrogen-bond donors (Lipinski definition) is 1. The Kier molecular flexibility index (Phi) is 4.87. The molecule has 1 amide bonds.